The minimum absolute atomic E-state index is 0.0916. The molecule has 1 aliphatic carbocycles. The van der Waals surface area contributed by atoms with Crippen molar-refractivity contribution in [3.8, 4) is 0 Å². The van der Waals surface area contributed by atoms with E-state index >= 15 is 0 Å². The Kier molecular flexibility index (Phi) is 5.84. The first-order valence-electron chi connectivity index (χ1n) is 8.70. The second-order valence-corrected chi connectivity index (χ2v) is 7.38. The van der Waals surface area contributed by atoms with Crippen LogP contribution in [0.3, 0.4) is 0 Å². The lowest BCUT2D eigenvalue weighted by Crippen LogP contribution is -2.26. The van der Waals surface area contributed by atoms with Crippen molar-refractivity contribution in [1.29, 1.82) is 0 Å². The molecule has 3 rings (SSSR count). The van der Waals surface area contributed by atoms with Gasteiger partial charge < -0.3 is 10.4 Å². The van der Waals surface area contributed by atoms with Gasteiger partial charge in [0.15, 0.2) is 0 Å². The van der Waals surface area contributed by atoms with E-state index in [2.05, 4.69) is 5.32 Å². The Hall–Kier alpha value is -2.61. The third kappa shape index (κ3) is 5.26. The lowest BCUT2D eigenvalue weighted by molar-refractivity contribution is -0.146. The van der Waals surface area contributed by atoms with E-state index in [1.807, 2.05) is 0 Å². The van der Waals surface area contributed by atoms with E-state index in [9.17, 15) is 27.2 Å². The molecule has 2 aromatic rings. The van der Waals surface area contributed by atoms with E-state index in [1.165, 1.54) is 36.4 Å². The van der Waals surface area contributed by atoms with Crippen LogP contribution >= 0.6 is 11.6 Å². The maximum absolute atomic E-state index is 14.2. The molecular formula is C20H16ClF4NO3. The maximum atomic E-state index is 14.2. The van der Waals surface area contributed by atoms with Crippen LogP contribution in [0.2, 0.25) is 5.02 Å². The van der Waals surface area contributed by atoms with E-state index in [1.54, 1.807) is 0 Å². The highest BCUT2D eigenvalue weighted by atomic mass is 35.5. The fraction of sp³-hybridized carbons (Fsp3) is 0.300. The van der Waals surface area contributed by atoms with Crippen molar-refractivity contribution >= 4 is 29.2 Å². The maximum Gasteiger partial charge on any atom is 0.390 e. The summed E-state index contributed by atoms with van der Waals surface area (Å²) in [7, 11) is 0. The highest BCUT2D eigenvalue weighted by Crippen LogP contribution is 2.48. The zero-order chi connectivity index (χ0) is 21.3. The van der Waals surface area contributed by atoms with Crippen LogP contribution in [0, 0.1) is 11.7 Å². The molecule has 9 heteroatoms. The Bertz CT molecular complexity index is 930. The molecule has 0 saturated heterocycles. The summed E-state index contributed by atoms with van der Waals surface area (Å²) in [5.41, 5.74) is 0.312. The van der Waals surface area contributed by atoms with Gasteiger partial charge in [-0.25, -0.2) is 4.39 Å². The Labute approximate surface area is 168 Å². The van der Waals surface area contributed by atoms with Gasteiger partial charge in [-0.05, 0) is 47.7 Å². The minimum atomic E-state index is -4.62. The summed E-state index contributed by atoms with van der Waals surface area (Å²) in [5, 5.41) is 11.5. The summed E-state index contributed by atoms with van der Waals surface area (Å²) in [4.78, 5) is 23.6. The molecule has 2 N–H and O–H groups in total. The number of benzene rings is 2. The lowest BCUT2D eigenvalue weighted by Gasteiger charge is -2.19. The fourth-order valence-corrected chi connectivity index (χ4v) is 3.34. The van der Waals surface area contributed by atoms with Crippen LogP contribution in [-0.4, -0.2) is 23.2 Å². The average Bonchev–Trinajstić information content (AvgIpc) is 3.42. The molecule has 2 aromatic carbocycles. The second kappa shape index (κ2) is 8.02. The summed E-state index contributed by atoms with van der Waals surface area (Å²) in [6, 6.07) is 9.10. The van der Waals surface area contributed by atoms with Crippen molar-refractivity contribution in [1.82, 2.24) is 0 Å². The quantitative estimate of drug-likeness (QED) is 0.609. The van der Waals surface area contributed by atoms with Gasteiger partial charge in [-0.1, -0.05) is 29.8 Å². The molecule has 1 aliphatic rings. The van der Waals surface area contributed by atoms with Gasteiger partial charge in [-0.2, -0.15) is 13.2 Å². The number of rotatable bonds is 6. The number of carbonyl (C=O) groups is 2. The van der Waals surface area contributed by atoms with Crippen molar-refractivity contribution in [3.63, 3.8) is 0 Å². The van der Waals surface area contributed by atoms with Crippen molar-refractivity contribution in [2.75, 3.05) is 5.32 Å². The van der Waals surface area contributed by atoms with Gasteiger partial charge in [-0.15, -0.1) is 0 Å². The van der Waals surface area contributed by atoms with Crippen LogP contribution in [0.4, 0.5) is 23.2 Å². The Balaban J connectivity index is 1.84. The number of halogens is 5. The third-order valence-electron chi connectivity index (χ3n) is 4.81. The van der Waals surface area contributed by atoms with Gasteiger partial charge in [-0.3, -0.25) is 9.59 Å². The van der Waals surface area contributed by atoms with Crippen LogP contribution in [0.5, 0.6) is 0 Å². The van der Waals surface area contributed by atoms with Gasteiger partial charge >= 0.3 is 12.1 Å². The fourth-order valence-electron chi connectivity index (χ4n) is 3.21. The SMILES string of the molecule is O=C(O)C1CC1c1ccc(F)c(NC(=O)[C@@H](CC(F)(F)F)c2ccc(Cl)cc2)c1. The number of hydrogen-bond acceptors (Lipinski definition) is 2. The molecule has 0 aromatic heterocycles. The van der Waals surface area contributed by atoms with Crippen molar-refractivity contribution in [3.05, 3.63) is 64.4 Å². The summed E-state index contributed by atoms with van der Waals surface area (Å²) < 4.78 is 53.2. The van der Waals surface area contributed by atoms with Crippen LogP contribution in [0.1, 0.15) is 35.8 Å². The van der Waals surface area contributed by atoms with E-state index in [4.69, 9.17) is 16.7 Å². The molecule has 4 nitrogen and oxygen atoms in total. The number of anilines is 1. The number of aliphatic carboxylic acids is 1. The van der Waals surface area contributed by atoms with E-state index in [0.717, 1.165) is 6.07 Å². The van der Waals surface area contributed by atoms with Gasteiger partial charge in [0.05, 0.1) is 23.9 Å². The second-order valence-electron chi connectivity index (χ2n) is 6.94. The molecular weight excluding hydrogens is 414 g/mol. The molecule has 1 amide bonds. The monoisotopic (exact) mass is 429 g/mol. The average molecular weight is 430 g/mol. The molecule has 1 fully saturated rings. The van der Waals surface area contributed by atoms with E-state index in [0.29, 0.717) is 17.0 Å². The Morgan fingerprint density at radius 2 is 1.83 bits per heavy atom. The minimum Gasteiger partial charge on any atom is -0.481 e. The molecule has 0 spiro atoms. The van der Waals surface area contributed by atoms with Gasteiger partial charge in [0.1, 0.15) is 5.82 Å². The van der Waals surface area contributed by atoms with Crippen LogP contribution in [-0.2, 0) is 9.59 Å². The molecule has 1 saturated carbocycles. The van der Waals surface area contributed by atoms with E-state index < -0.39 is 42.1 Å². The number of hydrogen-bond donors (Lipinski definition) is 2. The number of carboxylic acids is 1. The first kappa shape index (κ1) is 21.1. The highest BCUT2D eigenvalue weighted by Gasteiger charge is 2.44. The zero-order valence-corrected chi connectivity index (χ0v) is 15.6. The Morgan fingerprint density at radius 3 is 2.38 bits per heavy atom. The number of nitrogens with one attached hydrogen (secondary N) is 1. The highest BCUT2D eigenvalue weighted by molar-refractivity contribution is 6.30. The molecule has 154 valence electrons. The van der Waals surface area contributed by atoms with E-state index in [-0.39, 0.29) is 17.2 Å². The standard InChI is InChI=1S/C20H16ClF4NO3/c21-12-4-1-10(2-5-12)15(9-20(23,24)25)18(27)26-17-7-11(3-6-16(17)22)13-8-14(13)19(28)29/h1-7,13-15H,8-9H2,(H,26,27)(H,28,29)/t13?,14?,15-/m0/s1. The summed E-state index contributed by atoms with van der Waals surface area (Å²) in [6.45, 7) is 0. The van der Waals surface area contributed by atoms with Crippen LogP contribution < -0.4 is 5.32 Å². The first-order valence-corrected chi connectivity index (χ1v) is 9.08. The largest absolute Gasteiger partial charge is 0.481 e. The zero-order valence-electron chi connectivity index (χ0n) is 14.8. The molecule has 0 radical (unpaired) electrons. The summed E-state index contributed by atoms with van der Waals surface area (Å²) in [5.74, 6) is -5.31. The molecule has 0 aliphatic heterocycles. The summed E-state index contributed by atoms with van der Waals surface area (Å²) in [6.07, 6.45) is -5.66. The molecule has 2 unspecified atom stereocenters. The number of carbonyl (C=O) groups excluding carboxylic acids is 1. The van der Waals surface area contributed by atoms with Crippen molar-refractivity contribution < 1.29 is 32.3 Å². The normalized spacial score (nSPS) is 19.5. The number of alkyl halides is 3. The summed E-state index contributed by atoms with van der Waals surface area (Å²) >= 11 is 5.75. The molecule has 29 heavy (non-hydrogen) atoms. The van der Waals surface area contributed by atoms with Gasteiger partial charge in [0.2, 0.25) is 5.91 Å². The third-order valence-corrected chi connectivity index (χ3v) is 5.06. The van der Waals surface area contributed by atoms with Gasteiger partial charge in [0, 0.05) is 5.02 Å². The van der Waals surface area contributed by atoms with Crippen LogP contribution in [0.25, 0.3) is 0 Å². The topological polar surface area (TPSA) is 66.4 Å². The number of carboxylic acid groups (broad SMARTS) is 1. The van der Waals surface area contributed by atoms with Crippen LogP contribution in [0.15, 0.2) is 42.5 Å². The van der Waals surface area contributed by atoms with Crippen molar-refractivity contribution in [2.24, 2.45) is 5.92 Å². The molecule has 0 bridgehead atoms. The Morgan fingerprint density at radius 1 is 1.17 bits per heavy atom. The molecule has 0 heterocycles. The predicted octanol–water partition coefficient (Wildman–Crippen LogP) is 5.34. The van der Waals surface area contributed by atoms with Gasteiger partial charge in [0.25, 0.3) is 0 Å². The first-order chi connectivity index (χ1) is 13.5. The number of amides is 1. The smallest absolute Gasteiger partial charge is 0.390 e. The predicted molar refractivity (Wildman–Crippen MR) is 98.4 cm³/mol. The molecule has 3 atom stereocenters. The van der Waals surface area contributed by atoms with Crippen molar-refractivity contribution in [2.45, 2.75) is 30.9 Å². The lowest BCUT2D eigenvalue weighted by atomic mass is 9.94.